The molecule has 11 nitrogen and oxygen atoms in total. The Morgan fingerprint density at radius 3 is 2.40 bits per heavy atom. The van der Waals surface area contributed by atoms with E-state index >= 15 is 0 Å². The maximum absolute atomic E-state index is 14.0. The number of hydrogen-bond donors (Lipinski definition) is 1. The van der Waals surface area contributed by atoms with E-state index in [0.717, 1.165) is 73.5 Å². The summed E-state index contributed by atoms with van der Waals surface area (Å²) in [4.78, 5) is 48.2. The molecule has 5 aromatic rings. The Morgan fingerprint density at radius 1 is 0.830 bits per heavy atom. The van der Waals surface area contributed by atoms with Crippen LogP contribution in [-0.2, 0) is 0 Å². The predicted molar refractivity (Wildman–Crippen MR) is 212 cm³/mol. The zero-order chi connectivity index (χ0) is 36.6. The number of nitrogens with zero attached hydrogens (tertiary/aromatic N) is 7. The first-order valence-corrected chi connectivity index (χ1v) is 18.9. The fraction of sp³-hybridized carbons (Fsp3) is 0.317. The number of piperidine rings is 1. The predicted octanol–water partition coefficient (Wildman–Crippen LogP) is 6.98. The molecule has 0 unspecified atom stereocenters. The zero-order valence-corrected chi connectivity index (χ0v) is 31.4. The van der Waals surface area contributed by atoms with Crippen molar-refractivity contribution in [2.24, 2.45) is 0 Å². The highest BCUT2D eigenvalue weighted by atomic mass is 32.2. The molecule has 4 aromatic carbocycles. The van der Waals surface area contributed by atoms with Crippen LogP contribution in [-0.4, -0.2) is 103 Å². The second-order valence-electron chi connectivity index (χ2n) is 14.1. The molecule has 2 saturated heterocycles. The van der Waals surface area contributed by atoms with Gasteiger partial charge in [0.2, 0.25) is 5.95 Å². The van der Waals surface area contributed by atoms with Gasteiger partial charge in [-0.2, -0.15) is 4.98 Å². The van der Waals surface area contributed by atoms with Crippen LogP contribution < -0.4 is 19.3 Å². The van der Waals surface area contributed by atoms with Crippen LogP contribution in [0.5, 0.6) is 5.75 Å². The van der Waals surface area contributed by atoms with Crippen molar-refractivity contribution < 1.29 is 13.8 Å². The molecule has 3 aliphatic heterocycles. The molecule has 8 rings (SSSR count). The minimum absolute atomic E-state index is 0.00158. The average Bonchev–Trinajstić information content (AvgIpc) is 3.27. The summed E-state index contributed by atoms with van der Waals surface area (Å²) in [5.74, 6) is 1.27. The summed E-state index contributed by atoms with van der Waals surface area (Å²) in [6.45, 7) is 7.93. The lowest BCUT2D eigenvalue weighted by Gasteiger charge is -2.42. The second kappa shape index (κ2) is 14.7. The van der Waals surface area contributed by atoms with Crippen LogP contribution in [0.1, 0.15) is 39.1 Å². The summed E-state index contributed by atoms with van der Waals surface area (Å²) in [5, 5.41) is 5.62. The van der Waals surface area contributed by atoms with Crippen LogP contribution in [0.2, 0.25) is 0 Å². The average molecular weight is 729 g/mol. The van der Waals surface area contributed by atoms with Gasteiger partial charge in [-0.1, -0.05) is 42.5 Å². The number of aromatic nitrogens is 2. The first-order valence-electron chi connectivity index (χ1n) is 18.2. The maximum atomic E-state index is 14.0. The van der Waals surface area contributed by atoms with E-state index in [2.05, 4.69) is 58.3 Å². The summed E-state index contributed by atoms with van der Waals surface area (Å²) >= 11 is 1.26. The number of fused-ring (bicyclic) bond motifs is 3. The highest BCUT2D eigenvalue weighted by Crippen LogP contribution is 2.40. The van der Waals surface area contributed by atoms with Crippen LogP contribution in [0.15, 0.2) is 90.0 Å². The third-order valence-corrected chi connectivity index (χ3v) is 11.6. The number of nitrogens with one attached hydrogen (secondary N) is 1. The number of likely N-dealkylation sites (N-methyl/N-ethyl adjacent to an activating group) is 1. The van der Waals surface area contributed by atoms with Crippen LogP contribution in [0.3, 0.4) is 0 Å². The molecular formula is C41H44N8O3S. The molecule has 0 saturated carbocycles. The number of carbonyl (C=O) groups excluding carboxylic acids is 2. The van der Waals surface area contributed by atoms with E-state index in [0.29, 0.717) is 46.1 Å². The Morgan fingerprint density at radius 2 is 1.58 bits per heavy atom. The lowest BCUT2D eigenvalue weighted by molar-refractivity contribution is 0.0518. The standard InChI is InChI=1S/C41H44N8O3S/c1-27-9-7-12-31-30(27)11-8-14-37(31)53-52-36-25-28(39(50)49-19-17-29(18-20-49)48-23-21-45(2)22-24-48)15-16-33(36)43-41-42-26-35-38(44-41)46(3)34-13-6-5-10-32(34)40(51)47(35)4/h5-16,25-26,29H,17-24H2,1-4H3,(H,42,43,44). The molecule has 272 valence electrons. The number of anilines is 5. The Balaban J connectivity index is 1.08. The lowest BCUT2D eigenvalue weighted by atomic mass is 10.0. The molecule has 0 spiro atoms. The Hall–Kier alpha value is -5.17. The third-order valence-electron chi connectivity index (χ3n) is 10.8. The maximum Gasteiger partial charge on any atom is 0.260 e. The molecule has 0 aliphatic carbocycles. The van der Waals surface area contributed by atoms with Crippen molar-refractivity contribution in [3.8, 4) is 5.75 Å². The van der Waals surface area contributed by atoms with Crippen LogP contribution in [0.25, 0.3) is 10.8 Å². The van der Waals surface area contributed by atoms with Gasteiger partial charge in [-0.3, -0.25) is 14.5 Å². The number of carbonyl (C=O) groups is 2. The molecule has 12 heteroatoms. The number of likely N-dealkylation sites (tertiary alicyclic amines) is 1. The van der Waals surface area contributed by atoms with Gasteiger partial charge in [0, 0.05) is 65.0 Å². The number of benzene rings is 4. The second-order valence-corrected chi connectivity index (χ2v) is 14.9. The monoisotopic (exact) mass is 728 g/mol. The van der Waals surface area contributed by atoms with Gasteiger partial charge >= 0.3 is 0 Å². The fourth-order valence-corrected chi connectivity index (χ4v) is 8.33. The van der Waals surface area contributed by atoms with E-state index in [4.69, 9.17) is 9.17 Å². The van der Waals surface area contributed by atoms with Gasteiger partial charge in [-0.05, 0) is 79.5 Å². The van der Waals surface area contributed by atoms with E-state index < -0.39 is 0 Å². The quantitative estimate of drug-likeness (QED) is 0.177. The third kappa shape index (κ3) is 6.90. The van der Waals surface area contributed by atoms with Gasteiger partial charge in [-0.25, -0.2) is 4.98 Å². The molecule has 2 fully saturated rings. The fourth-order valence-electron chi connectivity index (χ4n) is 7.61. The summed E-state index contributed by atoms with van der Waals surface area (Å²) in [6.07, 6.45) is 3.61. The van der Waals surface area contributed by atoms with Crippen LogP contribution in [0.4, 0.5) is 28.8 Å². The molecule has 1 N–H and O–H groups in total. The summed E-state index contributed by atoms with van der Waals surface area (Å²) < 4.78 is 6.51. The molecule has 3 aliphatic rings. The van der Waals surface area contributed by atoms with Crippen LogP contribution in [0, 0.1) is 6.92 Å². The molecule has 0 bridgehead atoms. The Labute approximate surface area is 314 Å². The number of amides is 2. The Bertz CT molecular complexity index is 2180. The smallest absolute Gasteiger partial charge is 0.260 e. The minimum Gasteiger partial charge on any atom is -0.418 e. The van der Waals surface area contributed by atoms with Crippen molar-refractivity contribution in [1.82, 2.24) is 24.7 Å². The first-order chi connectivity index (χ1) is 25.7. The van der Waals surface area contributed by atoms with Crippen molar-refractivity contribution in [3.63, 3.8) is 0 Å². The normalized spacial score (nSPS) is 17.1. The summed E-state index contributed by atoms with van der Waals surface area (Å²) in [6, 6.07) is 26.0. The van der Waals surface area contributed by atoms with E-state index in [1.54, 1.807) is 18.1 Å². The molecular weight excluding hydrogens is 685 g/mol. The molecule has 0 atom stereocenters. The zero-order valence-electron chi connectivity index (χ0n) is 30.6. The van der Waals surface area contributed by atoms with Crippen LogP contribution >= 0.6 is 12.0 Å². The number of rotatable bonds is 7. The molecule has 53 heavy (non-hydrogen) atoms. The Kier molecular flexibility index (Phi) is 9.67. The van der Waals surface area contributed by atoms with Gasteiger partial charge < -0.3 is 29.1 Å². The topological polar surface area (TPSA) is 97.4 Å². The molecule has 2 amide bonds. The van der Waals surface area contributed by atoms with E-state index in [-0.39, 0.29) is 11.8 Å². The van der Waals surface area contributed by atoms with Gasteiger partial charge in [0.1, 0.15) is 5.69 Å². The first kappa shape index (κ1) is 34.9. The number of piperazine rings is 1. The van der Waals surface area contributed by atoms with Gasteiger partial charge in [0.05, 0.1) is 40.1 Å². The summed E-state index contributed by atoms with van der Waals surface area (Å²) in [7, 11) is 5.81. The molecule has 4 heterocycles. The van der Waals surface area contributed by atoms with Crippen molar-refractivity contribution in [2.75, 3.05) is 75.5 Å². The molecule has 0 radical (unpaired) electrons. The van der Waals surface area contributed by atoms with Gasteiger partial charge in [0.25, 0.3) is 11.8 Å². The largest absolute Gasteiger partial charge is 0.418 e. The SMILES string of the molecule is Cc1cccc2c(SOc3cc(C(=O)N4CCC(N5CCN(C)CC5)CC4)ccc3Nc3ncc4c(n3)N(C)c3ccccc3C(=O)N4C)cccc12. The lowest BCUT2D eigenvalue weighted by Crippen LogP contribution is -2.52. The van der Waals surface area contributed by atoms with Crippen molar-refractivity contribution in [1.29, 1.82) is 0 Å². The van der Waals surface area contributed by atoms with E-state index in [1.807, 2.05) is 71.4 Å². The van der Waals surface area contributed by atoms with E-state index in [1.165, 1.54) is 17.6 Å². The van der Waals surface area contributed by atoms with Gasteiger partial charge in [-0.15, -0.1) is 0 Å². The van der Waals surface area contributed by atoms with E-state index in [9.17, 15) is 9.59 Å². The minimum atomic E-state index is -0.129. The highest BCUT2D eigenvalue weighted by molar-refractivity contribution is 7.95. The number of aryl methyl sites for hydroxylation is 1. The number of hydrogen-bond acceptors (Lipinski definition) is 10. The number of para-hydroxylation sites is 1. The van der Waals surface area contributed by atoms with Gasteiger partial charge in [0.15, 0.2) is 11.6 Å². The highest BCUT2D eigenvalue weighted by Gasteiger charge is 2.31. The van der Waals surface area contributed by atoms with Crippen molar-refractivity contribution in [2.45, 2.75) is 30.7 Å². The van der Waals surface area contributed by atoms with Crippen molar-refractivity contribution in [3.05, 3.63) is 102 Å². The summed E-state index contributed by atoms with van der Waals surface area (Å²) in [5.41, 5.74) is 4.31. The van der Waals surface area contributed by atoms with Crippen molar-refractivity contribution >= 4 is 63.5 Å². The molecule has 1 aromatic heterocycles.